The second kappa shape index (κ2) is 6.11. The Morgan fingerprint density at radius 1 is 1.10 bits per heavy atom. The molecular formula is C17H17BrN2. The number of benzene rings is 2. The Kier molecular flexibility index (Phi) is 4.46. The molecule has 0 radical (unpaired) electrons. The van der Waals surface area contributed by atoms with Crippen LogP contribution in [-0.4, -0.2) is 7.05 Å². The average molecular weight is 329 g/mol. The number of alkyl halides is 1. The minimum atomic E-state index is 0.699. The fourth-order valence-corrected chi connectivity index (χ4v) is 2.71. The minimum absolute atomic E-state index is 0.699. The molecule has 2 rings (SSSR count). The summed E-state index contributed by atoms with van der Waals surface area (Å²) in [5.74, 6) is 0. The van der Waals surface area contributed by atoms with Gasteiger partial charge < -0.3 is 4.90 Å². The molecule has 0 unspecified atom stereocenters. The van der Waals surface area contributed by atoms with Crippen LogP contribution in [0.3, 0.4) is 0 Å². The van der Waals surface area contributed by atoms with Crippen molar-refractivity contribution in [3.05, 3.63) is 58.7 Å². The van der Waals surface area contributed by atoms with Crippen LogP contribution >= 0.6 is 15.9 Å². The Bertz CT molecular complexity index is 671. The third-order valence-electron chi connectivity index (χ3n) is 3.41. The van der Waals surface area contributed by atoms with Crippen molar-refractivity contribution in [3.8, 4) is 6.07 Å². The summed E-state index contributed by atoms with van der Waals surface area (Å²) in [5, 5.41) is 10.1. The highest BCUT2D eigenvalue weighted by molar-refractivity contribution is 9.08. The summed E-state index contributed by atoms with van der Waals surface area (Å²) >= 11 is 3.42. The minimum Gasteiger partial charge on any atom is -0.343 e. The molecule has 0 aliphatic carbocycles. The van der Waals surface area contributed by atoms with Gasteiger partial charge in [-0.15, -0.1) is 0 Å². The van der Waals surface area contributed by atoms with Gasteiger partial charge in [-0.05, 0) is 43.2 Å². The largest absolute Gasteiger partial charge is 0.343 e. The number of hydrogen-bond acceptors (Lipinski definition) is 2. The zero-order chi connectivity index (χ0) is 14.7. The van der Waals surface area contributed by atoms with Crippen molar-refractivity contribution in [2.24, 2.45) is 0 Å². The van der Waals surface area contributed by atoms with Gasteiger partial charge in [-0.2, -0.15) is 5.26 Å². The van der Waals surface area contributed by atoms with Gasteiger partial charge in [-0.1, -0.05) is 39.7 Å². The third-order valence-corrected chi connectivity index (χ3v) is 4.06. The lowest BCUT2D eigenvalue weighted by atomic mass is 10.1. The molecule has 0 fully saturated rings. The van der Waals surface area contributed by atoms with Gasteiger partial charge in [0, 0.05) is 18.1 Å². The second-order valence-electron chi connectivity index (χ2n) is 4.95. The van der Waals surface area contributed by atoms with Crippen LogP contribution in [0.4, 0.5) is 11.4 Å². The fraction of sp³-hybridized carbons (Fsp3) is 0.235. The van der Waals surface area contributed by atoms with E-state index in [-0.39, 0.29) is 0 Å². The van der Waals surface area contributed by atoms with E-state index in [9.17, 15) is 5.26 Å². The van der Waals surface area contributed by atoms with Crippen molar-refractivity contribution in [1.29, 1.82) is 5.26 Å². The van der Waals surface area contributed by atoms with Crippen LogP contribution in [-0.2, 0) is 5.33 Å². The van der Waals surface area contributed by atoms with Gasteiger partial charge in [-0.3, -0.25) is 0 Å². The zero-order valence-corrected chi connectivity index (χ0v) is 13.5. The highest BCUT2D eigenvalue weighted by Gasteiger charge is 2.11. The molecule has 2 aromatic rings. The first-order chi connectivity index (χ1) is 9.56. The highest BCUT2D eigenvalue weighted by Crippen LogP contribution is 2.30. The van der Waals surface area contributed by atoms with Gasteiger partial charge >= 0.3 is 0 Å². The molecule has 20 heavy (non-hydrogen) atoms. The highest BCUT2D eigenvalue weighted by atomic mass is 79.9. The van der Waals surface area contributed by atoms with E-state index in [1.54, 1.807) is 0 Å². The summed E-state index contributed by atoms with van der Waals surface area (Å²) in [6.07, 6.45) is 0. The van der Waals surface area contributed by atoms with E-state index in [2.05, 4.69) is 58.9 Å². The lowest BCUT2D eigenvalue weighted by molar-refractivity contribution is 1.17. The molecule has 0 amide bonds. The molecule has 0 saturated carbocycles. The maximum Gasteiger partial charge on any atom is 0.101 e. The first-order valence-electron chi connectivity index (χ1n) is 6.46. The van der Waals surface area contributed by atoms with Crippen LogP contribution in [0, 0.1) is 25.2 Å². The van der Waals surface area contributed by atoms with Crippen molar-refractivity contribution < 1.29 is 0 Å². The Hall–Kier alpha value is -1.79. The lowest BCUT2D eigenvalue weighted by Gasteiger charge is -2.23. The Balaban J connectivity index is 2.48. The summed E-state index contributed by atoms with van der Waals surface area (Å²) in [6, 6.07) is 14.6. The van der Waals surface area contributed by atoms with Gasteiger partial charge in [0.05, 0.1) is 11.3 Å². The molecule has 0 aliphatic rings. The summed E-state index contributed by atoms with van der Waals surface area (Å²) in [6.45, 7) is 4.18. The number of anilines is 2. The van der Waals surface area contributed by atoms with E-state index < -0.39 is 0 Å². The van der Waals surface area contributed by atoms with Gasteiger partial charge in [-0.25, -0.2) is 0 Å². The van der Waals surface area contributed by atoms with Crippen molar-refractivity contribution >= 4 is 27.3 Å². The summed E-state index contributed by atoms with van der Waals surface area (Å²) < 4.78 is 0. The number of rotatable bonds is 3. The van der Waals surface area contributed by atoms with Crippen LogP contribution < -0.4 is 4.90 Å². The quantitative estimate of drug-likeness (QED) is 0.754. The summed E-state index contributed by atoms with van der Waals surface area (Å²) in [5.41, 5.74) is 6.32. The normalized spacial score (nSPS) is 10.2. The van der Waals surface area contributed by atoms with E-state index in [1.807, 2.05) is 25.2 Å². The molecular weight excluding hydrogens is 312 g/mol. The van der Waals surface area contributed by atoms with Crippen LogP contribution in [0.1, 0.15) is 22.3 Å². The molecule has 0 spiro atoms. The lowest BCUT2D eigenvalue weighted by Crippen LogP contribution is -2.12. The maximum atomic E-state index is 9.36. The van der Waals surface area contributed by atoms with Gasteiger partial charge in [0.2, 0.25) is 0 Å². The summed E-state index contributed by atoms with van der Waals surface area (Å²) in [7, 11) is 2.00. The number of hydrogen-bond donors (Lipinski definition) is 0. The predicted molar refractivity (Wildman–Crippen MR) is 87.8 cm³/mol. The van der Waals surface area contributed by atoms with Crippen molar-refractivity contribution in [2.75, 3.05) is 11.9 Å². The fourth-order valence-electron chi connectivity index (χ4n) is 2.36. The molecule has 0 bridgehead atoms. The van der Waals surface area contributed by atoms with Gasteiger partial charge in [0.1, 0.15) is 6.07 Å². The topological polar surface area (TPSA) is 27.0 Å². The van der Waals surface area contributed by atoms with Crippen molar-refractivity contribution in [3.63, 3.8) is 0 Å². The van der Waals surface area contributed by atoms with Crippen LogP contribution in [0.2, 0.25) is 0 Å². The number of nitrogens with zero attached hydrogens (tertiary/aromatic N) is 2. The molecule has 0 aromatic heterocycles. The van der Waals surface area contributed by atoms with E-state index in [0.717, 1.165) is 22.3 Å². The molecule has 2 aromatic carbocycles. The smallest absolute Gasteiger partial charge is 0.101 e. The van der Waals surface area contributed by atoms with Gasteiger partial charge in [0.25, 0.3) is 0 Å². The standard InChI is InChI=1S/C17H17BrN2/c1-12-4-6-16(13(2)8-12)20(3)17-7-5-14(10-18)9-15(17)11-19/h4-9H,10H2,1-3H3. The van der Waals surface area contributed by atoms with Crippen molar-refractivity contribution in [2.45, 2.75) is 19.2 Å². The summed E-state index contributed by atoms with van der Waals surface area (Å²) in [4.78, 5) is 2.07. The van der Waals surface area contributed by atoms with Gasteiger partial charge in [0.15, 0.2) is 0 Å². The second-order valence-corrected chi connectivity index (χ2v) is 5.51. The van der Waals surface area contributed by atoms with E-state index in [1.165, 1.54) is 11.1 Å². The molecule has 0 atom stereocenters. The van der Waals surface area contributed by atoms with Crippen LogP contribution in [0.15, 0.2) is 36.4 Å². The van der Waals surface area contributed by atoms with E-state index in [0.29, 0.717) is 5.56 Å². The zero-order valence-electron chi connectivity index (χ0n) is 11.9. The Morgan fingerprint density at radius 3 is 2.40 bits per heavy atom. The molecule has 0 N–H and O–H groups in total. The molecule has 0 saturated heterocycles. The first kappa shape index (κ1) is 14.6. The average Bonchev–Trinajstić information content (AvgIpc) is 2.46. The predicted octanol–water partition coefficient (Wildman–Crippen LogP) is 4.84. The maximum absolute atomic E-state index is 9.36. The van der Waals surface area contributed by atoms with Crippen molar-refractivity contribution in [1.82, 2.24) is 0 Å². The van der Waals surface area contributed by atoms with E-state index in [4.69, 9.17) is 0 Å². The number of halogens is 1. The first-order valence-corrected chi connectivity index (χ1v) is 7.59. The Labute approximate surface area is 128 Å². The number of nitriles is 1. The molecule has 0 aliphatic heterocycles. The molecule has 102 valence electrons. The van der Waals surface area contributed by atoms with E-state index >= 15 is 0 Å². The number of aryl methyl sites for hydroxylation is 2. The van der Waals surface area contributed by atoms with Crippen LogP contribution in [0.25, 0.3) is 0 Å². The molecule has 2 nitrogen and oxygen atoms in total. The van der Waals surface area contributed by atoms with Crippen LogP contribution in [0.5, 0.6) is 0 Å². The molecule has 3 heteroatoms. The SMILES string of the molecule is Cc1ccc(N(C)c2ccc(CBr)cc2C#N)c(C)c1. The Morgan fingerprint density at radius 2 is 1.80 bits per heavy atom. The molecule has 0 heterocycles. The monoisotopic (exact) mass is 328 g/mol. The third kappa shape index (κ3) is 2.86.